The molecule has 2 N–H and O–H groups in total. The number of aryl methyl sites for hydroxylation is 2. The molecule has 2 aromatic carbocycles. The number of primary sulfonamides is 1. The van der Waals surface area contributed by atoms with Crippen molar-refractivity contribution in [3.8, 4) is 5.75 Å². The molecule has 0 saturated heterocycles. The van der Waals surface area contributed by atoms with E-state index >= 15 is 0 Å². The Morgan fingerprint density at radius 1 is 1.14 bits per heavy atom. The quantitative estimate of drug-likeness (QED) is 0.944. The van der Waals surface area contributed by atoms with Gasteiger partial charge in [-0.1, -0.05) is 23.8 Å². The lowest BCUT2D eigenvalue weighted by atomic mass is 10.1. The van der Waals surface area contributed by atoms with Crippen LogP contribution in [0.3, 0.4) is 0 Å². The van der Waals surface area contributed by atoms with Gasteiger partial charge in [-0.3, -0.25) is 0 Å². The Kier molecular flexibility index (Phi) is 4.29. The van der Waals surface area contributed by atoms with Crippen LogP contribution in [0.1, 0.15) is 16.7 Å². The van der Waals surface area contributed by atoms with Gasteiger partial charge >= 0.3 is 0 Å². The normalized spacial score (nSPS) is 11.4. The minimum absolute atomic E-state index is 0.0108. The molecule has 6 heteroatoms. The summed E-state index contributed by atoms with van der Waals surface area (Å²) < 4.78 is 41.5. The molecule has 0 atom stereocenters. The Bertz CT molecular complexity index is 772. The van der Waals surface area contributed by atoms with Gasteiger partial charge in [0.15, 0.2) is 11.6 Å². The lowest BCUT2D eigenvalue weighted by molar-refractivity contribution is 0.289. The van der Waals surface area contributed by atoms with Gasteiger partial charge in [-0.15, -0.1) is 0 Å². The molecule has 0 aromatic heterocycles. The number of hydrogen-bond donors (Lipinski definition) is 1. The van der Waals surface area contributed by atoms with Gasteiger partial charge < -0.3 is 4.74 Å². The molecule has 0 amide bonds. The van der Waals surface area contributed by atoms with Crippen LogP contribution < -0.4 is 9.88 Å². The van der Waals surface area contributed by atoms with Crippen LogP contribution >= 0.6 is 0 Å². The Morgan fingerprint density at radius 2 is 1.86 bits per heavy atom. The highest BCUT2D eigenvalue weighted by Crippen LogP contribution is 2.22. The van der Waals surface area contributed by atoms with Crippen molar-refractivity contribution in [2.75, 3.05) is 0 Å². The third-order valence-corrected chi connectivity index (χ3v) is 4.03. The van der Waals surface area contributed by atoms with Gasteiger partial charge in [-0.05, 0) is 43.2 Å². The van der Waals surface area contributed by atoms with Crippen molar-refractivity contribution < 1.29 is 17.5 Å². The fraction of sp³-hybridized carbons (Fsp3) is 0.200. The maximum Gasteiger partial charge on any atom is 0.238 e. The molecule has 0 radical (unpaired) electrons. The van der Waals surface area contributed by atoms with Crippen LogP contribution in [0, 0.1) is 19.7 Å². The summed E-state index contributed by atoms with van der Waals surface area (Å²) in [7, 11) is -3.92. The number of sulfonamides is 1. The highest BCUT2D eigenvalue weighted by Gasteiger charge is 2.12. The molecule has 112 valence electrons. The van der Waals surface area contributed by atoms with Crippen LogP contribution in [0.25, 0.3) is 0 Å². The van der Waals surface area contributed by atoms with Crippen LogP contribution in [-0.4, -0.2) is 8.42 Å². The van der Waals surface area contributed by atoms with E-state index in [1.54, 1.807) is 0 Å². The summed E-state index contributed by atoms with van der Waals surface area (Å²) in [4.78, 5) is -0.279. The molecule has 21 heavy (non-hydrogen) atoms. The lowest BCUT2D eigenvalue weighted by Crippen LogP contribution is -2.12. The fourth-order valence-electron chi connectivity index (χ4n) is 1.89. The van der Waals surface area contributed by atoms with Crippen molar-refractivity contribution in [3.05, 3.63) is 58.9 Å². The number of benzene rings is 2. The van der Waals surface area contributed by atoms with Crippen molar-refractivity contribution in [2.45, 2.75) is 25.3 Å². The van der Waals surface area contributed by atoms with Crippen molar-refractivity contribution in [1.29, 1.82) is 0 Å². The predicted molar refractivity (Wildman–Crippen MR) is 78.0 cm³/mol. The zero-order valence-corrected chi connectivity index (χ0v) is 12.6. The zero-order chi connectivity index (χ0) is 15.6. The number of nitrogens with two attached hydrogens (primary N) is 1. The predicted octanol–water partition coefficient (Wildman–Crippen LogP) is 2.67. The molecule has 0 fully saturated rings. The first-order valence-corrected chi connectivity index (χ1v) is 7.83. The Hall–Kier alpha value is -1.92. The van der Waals surface area contributed by atoms with Crippen LogP contribution in [-0.2, 0) is 16.6 Å². The molecule has 2 aromatic rings. The van der Waals surface area contributed by atoms with Gasteiger partial charge in [0.1, 0.15) is 6.61 Å². The average molecular weight is 309 g/mol. The molecule has 2 rings (SSSR count). The summed E-state index contributed by atoms with van der Waals surface area (Å²) in [6.45, 7) is 4.11. The molecule has 0 unspecified atom stereocenters. The summed E-state index contributed by atoms with van der Waals surface area (Å²) in [5, 5.41) is 4.94. The first-order chi connectivity index (χ1) is 9.77. The third kappa shape index (κ3) is 3.80. The van der Waals surface area contributed by atoms with E-state index in [1.807, 2.05) is 32.0 Å². The SMILES string of the molecule is Cc1ccc(C)c(COc2ccc(S(N)(=O)=O)cc2F)c1. The summed E-state index contributed by atoms with van der Waals surface area (Å²) in [6.07, 6.45) is 0. The minimum atomic E-state index is -3.92. The number of halogens is 1. The van der Waals surface area contributed by atoms with Crippen molar-refractivity contribution >= 4 is 10.0 Å². The summed E-state index contributed by atoms with van der Waals surface area (Å²) in [5.41, 5.74) is 3.08. The van der Waals surface area contributed by atoms with Gasteiger partial charge in [-0.2, -0.15) is 0 Å². The van der Waals surface area contributed by atoms with Gasteiger partial charge in [0.05, 0.1) is 4.90 Å². The van der Waals surface area contributed by atoms with E-state index in [4.69, 9.17) is 9.88 Å². The summed E-state index contributed by atoms with van der Waals surface area (Å²) >= 11 is 0. The smallest absolute Gasteiger partial charge is 0.238 e. The highest BCUT2D eigenvalue weighted by atomic mass is 32.2. The maximum atomic E-state index is 13.8. The lowest BCUT2D eigenvalue weighted by Gasteiger charge is -2.11. The molecule has 0 aliphatic carbocycles. The van der Waals surface area contributed by atoms with Crippen molar-refractivity contribution in [1.82, 2.24) is 0 Å². The van der Waals surface area contributed by atoms with Crippen LogP contribution in [0.5, 0.6) is 5.75 Å². The van der Waals surface area contributed by atoms with Crippen LogP contribution in [0.15, 0.2) is 41.3 Å². The van der Waals surface area contributed by atoms with E-state index in [-0.39, 0.29) is 17.3 Å². The maximum absolute atomic E-state index is 13.8. The second kappa shape index (κ2) is 5.83. The summed E-state index contributed by atoms with van der Waals surface area (Å²) in [5.74, 6) is -0.768. The van der Waals surface area contributed by atoms with E-state index in [0.29, 0.717) is 0 Å². The number of ether oxygens (including phenoxy) is 1. The Balaban J connectivity index is 2.19. The van der Waals surface area contributed by atoms with E-state index in [0.717, 1.165) is 22.8 Å². The largest absolute Gasteiger partial charge is 0.486 e. The van der Waals surface area contributed by atoms with Crippen LogP contribution in [0.4, 0.5) is 4.39 Å². The Morgan fingerprint density at radius 3 is 2.48 bits per heavy atom. The number of rotatable bonds is 4. The third-order valence-electron chi connectivity index (χ3n) is 3.12. The van der Waals surface area contributed by atoms with E-state index in [2.05, 4.69) is 0 Å². The molecule has 4 nitrogen and oxygen atoms in total. The molecule has 0 bridgehead atoms. The second-order valence-electron chi connectivity index (χ2n) is 4.86. The molecule has 0 aliphatic heterocycles. The molecular formula is C15H16FNO3S. The molecule has 0 aliphatic rings. The highest BCUT2D eigenvalue weighted by molar-refractivity contribution is 7.89. The first kappa shape index (κ1) is 15.5. The zero-order valence-electron chi connectivity index (χ0n) is 11.8. The van der Waals surface area contributed by atoms with Gasteiger partial charge in [0, 0.05) is 0 Å². The van der Waals surface area contributed by atoms with Gasteiger partial charge in [0.2, 0.25) is 10.0 Å². The van der Waals surface area contributed by atoms with E-state index in [1.165, 1.54) is 12.1 Å². The average Bonchev–Trinajstić information content (AvgIpc) is 2.40. The number of hydrogen-bond acceptors (Lipinski definition) is 3. The molecule has 0 heterocycles. The van der Waals surface area contributed by atoms with Crippen molar-refractivity contribution in [3.63, 3.8) is 0 Å². The van der Waals surface area contributed by atoms with Gasteiger partial charge in [-0.25, -0.2) is 17.9 Å². The van der Waals surface area contributed by atoms with Crippen molar-refractivity contribution in [2.24, 2.45) is 5.14 Å². The van der Waals surface area contributed by atoms with E-state index in [9.17, 15) is 12.8 Å². The van der Waals surface area contributed by atoms with E-state index < -0.39 is 15.8 Å². The first-order valence-electron chi connectivity index (χ1n) is 6.28. The molecule has 0 spiro atoms. The summed E-state index contributed by atoms with van der Waals surface area (Å²) in [6, 6.07) is 9.26. The molecular weight excluding hydrogens is 293 g/mol. The van der Waals surface area contributed by atoms with Crippen LogP contribution in [0.2, 0.25) is 0 Å². The Labute approximate surface area is 123 Å². The van der Waals surface area contributed by atoms with Gasteiger partial charge in [0.25, 0.3) is 0 Å². The fourth-order valence-corrected chi connectivity index (χ4v) is 2.41. The second-order valence-corrected chi connectivity index (χ2v) is 6.42. The molecule has 0 saturated carbocycles. The topological polar surface area (TPSA) is 69.4 Å². The minimum Gasteiger partial charge on any atom is -0.486 e. The standard InChI is InChI=1S/C15H16FNO3S/c1-10-3-4-11(2)12(7-10)9-20-15-6-5-13(8-14(15)16)21(17,18)19/h3-8H,9H2,1-2H3,(H2,17,18,19). The monoisotopic (exact) mass is 309 g/mol.